The van der Waals surface area contributed by atoms with E-state index in [-0.39, 0.29) is 11.5 Å². The largest absolute Gasteiger partial charge is 0.503 e. The van der Waals surface area contributed by atoms with Crippen LogP contribution in [0.4, 0.5) is 0 Å². The predicted molar refractivity (Wildman–Crippen MR) is 56.9 cm³/mol. The van der Waals surface area contributed by atoms with Crippen LogP contribution in [0.1, 0.15) is 11.6 Å². The number of phenols is 1. The van der Waals surface area contributed by atoms with Gasteiger partial charge in [-0.05, 0) is 33.6 Å². The summed E-state index contributed by atoms with van der Waals surface area (Å²) in [6.07, 6.45) is 0. The summed E-state index contributed by atoms with van der Waals surface area (Å²) in [7, 11) is 1.37. The van der Waals surface area contributed by atoms with Crippen molar-refractivity contribution in [3.8, 4) is 11.5 Å². The second-order valence-electron chi connectivity index (χ2n) is 2.87. The Morgan fingerprint density at radius 2 is 2.20 bits per heavy atom. The zero-order valence-electron chi connectivity index (χ0n) is 7.90. The summed E-state index contributed by atoms with van der Waals surface area (Å²) in [5, 5.41) is 18.2. The molecule has 4 N–H and O–H groups in total. The van der Waals surface area contributed by atoms with Gasteiger partial charge in [0.2, 0.25) is 0 Å². The van der Waals surface area contributed by atoms with E-state index in [9.17, 15) is 9.90 Å². The molecule has 15 heavy (non-hydrogen) atoms. The van der Waals surface area contributed by atoms with Crippen molar-refractivity contribution in [2.45, 2.75) is 6.04 Å². The first-order chi connectivity index (χ1) is 6.97. The number of carboxylic acid groups (broad SMARTS) is 1. The van der Waals surface area contributed by atoms with Gasteiger partial charge in [-0.3, -0.25) is 4.79 Å². The smallest absolute Gasteiger partial charge is 0.325 e. The molecule has 0 saturated heterocycles. The highest BCUT2D eigenvalue weighted by Crippen LogP contribution is 2.36. The number of phenolic OH excluding ortho intramolecular Hbond substituents is 1. The number of halogens is 1. The van der Waals surface area contributed by atoms with Gasteiger partial charge in [-0.15, -0.1) is 0 Å². The fraction of sp³-hybridized carbons (Fsp3) is 0.222. The molecule has 1 rings (SSSR count). The SMILES string of the molecule is COc1cc([C@H](N)C(=O)O)cc(Br)c1O. The summed E-state index contributed by atoms with van der Waals surface area (Å²) in [5.41, 5.74) is 5.77. The Kier molecular flexibility index (Phi) is 3.54. The number of hydrogen-bond acceptors (Lipinski definition) is 4. The first-order valence-corrected chi connectivity index (χ1v) is 4.81. The number of ether oxygens (including phenoxy) is 1. The third-order valence-electron chi connectivity index (χ3n) is 1.90. The number of nitrogens with two attached hydrogens (primary N) is 1. The van der Waals surface area contributed by atoms with Gasteiger partial charge in [-0.1, -0.05) is 0 Å². The van der Waals surface area contributed by atoms with Crippen LogP contribution in [0.25, 0.3) is 0 Å². The van der Waals surface area contributed by atoms with Crippen molar-refractivity contribution in [2.75, 3.05) is 7.11 Å². The van der Waals surface area contributed by atoms with Crippen molar-refractivity contribution in [1.82, 2.24) is 0 Å². The highest BCUT2D eigenvalue weighted by molar-refractivity contribution is 9.10. The molecule has 0 radical (unpaired) electrons. The minimum absolute atomic E-state index is 0.0844. The van der Waals surface area contributed by atoms with Crippen LogP contribution in [0.2, 0.25) is 0 Å². The molecule has 0 bridgehead atoms. The molecule has 1 aromatic carbocycles. The average Bonchev–Trinajstić information content (AvgIpc) is 2.20. The second-order valence-corrected chi connectivity index (χ2v) is 3.72. The number of aliphatic carboxylic acids is 1. The Morgan fingerprint density at radius 1 is 1.60 bits per heavy atom. The molecule has 0 aromatic heterocycles. The number of hydrogen-bond donors (Lipinski definition) is 3. The standard InChI is InChI=1S/C9H10BrNO4/c1-15-6-3-4(7(11)9(13)14)2-5(10)8(6)12/h2-3,7,12H,11H2,1H3,(H,13,14)/t7-/m0/s1. The molecule has 0 amide bonds. The molecule has 82 valence electrons. The van der Waals surface area contributed by atoms with Crippen LogP contribution < -0.4 is 10.5 Å². The topological polar surface area (TPSA) is 92.8 Å². The highest BCUT2D eigenvalue weighted by atomic mass is 79.9. The summed E-state index contributed by atoms with van der Waals surface area (Å²) in [6.45, 7) is 0. The van der Waals surface area contributed by atoms with E-state index in [1.54, 1.807) is 0 Å². The van der Waals surface area contributed by atoms with Crippen molar-refractivity contribution < 1.29 is 19.7 Å². The third-order valence-corrected chi connectivity index (χ3v) is 2.50. The molecule has 5 nitrogen and oxygen atoms in total. The van der Waals surface area contributed by atoms with Crippen molar-refractivity contribution in [3.05, 3.63) is 22.2 Å². The van der Waals surface area contributed by atoms with Crippen LogP contribution in [0.15, 0.2) is 16.6 Å². The molecule has 0 aliphatic rings. The molecule has 0 heterocycles. The van der Waals surface area contributed by atoms with Crippen LogP contribution in [0, 0.1) is 0 Å². The molecule has 0 aliphatic carbocycles. The van der Waals surface area contributed by atoms with Crippen LogP contribution in [-0.2, 0) is 4.79 Å². The van der Waals surface area contributed by atoms with Crippen molar-refractivity contribution in [2.24, 2.45) is 5.73 Å². The Bertz CT molecular complexity index is 394. The fourth-order valence-electron chi connectivity index (χ4n) is 1.07. The van der Waals surface area contributed by atoms with Gasteiger partial charge in [-0.2, -0.15) is 0 Å². The van der Waals surface area contributed by atoms with E-state index < -0.39 is 12.0 Å². The molecular formula is C9H10BrNO4. The van der Waals surface area contributed by atoms with Gasteiger partial charge in [0.1, 0.15) is 6.04 Å². The van der Waals surface area contributed by atoms with Crippen molar-refractivity contribution in [3.63, 3.8) is 0 Å². The average molecular weight is 276 g/mol. The molecule has 6 heteroatoms. The van der Waals surface area contributed by atoms with E-state index in [0.29, 0.717) is 10.0 Å². The lowest BCUT2D eigenvalue weighted by atomic mass is 10.1. The summed E-state index contributed by atoms with van der Waals surface area (Å²) < 4.78 is 5.21. The van der Waals surface area contributed by atoms with E-state index in [2.05, 4.69) is 15.9 Å². The summed E-state index contributed by atoms with van der Waals surface area (Å²) >= 11 is 3.08. The van der Waals surface area contributed by atoms with Crippen LogP contribution in [0.3, 0.4) is 0 Å². The Balaban J connectivity index is 3.22. The number of methoxy groups -OCH3 is 1. The molecule has 1 aromatic rings. The summed E-state index contributed by atoms with van der Waals surface area (Å²) in [5.74, 6) is -1.05. The van der Waals surface area contributed by atoms with Gasteiger partial charge in [-0.25, -0.2) is 0 Å². The number of carboxylic acids is 1. The quantitative estimate of drug-likeness (QED) is 0.772. The molecule has 0 fully saturated rings. The third kappa shape index (κ3) is 2.40. The van der Waals surface area contributed by atoms with Gasteiger partial charge in [0.15, 0.2) is 11.5 Å². The van der Waals surface area contributed by atoms with Gasteiger partial charge < -0.3 is 20.7 Å². The lowest BCUT2D eigenvalue weighted by Crippen LogP contribution is -2.20. The minimum atomic E-state index is -1.14. The fourth-order valence-corrected chi connectivity index (χ4v) is 1.53. The van der Waals surface area contributed by atoms with Crippen LogP contribution in [0.5, 0.6) is 11.5 Å². The molecule has 0 unspecified atom stereocenters. The molecular weight excluding hydrogens is 266 g/mol. The van der Waals surface area contributed by atoms with Crippen molar-refractivity contribution in [1.29, 1.82) is 0 Å². The number of carbonyl (C=O) groups is 1. The molecule has 1 atom stereocenters. The molecule has 0 spiro atoms. The van der Waals surface area contributed by atoms with E-state index in [1.807, 2.05) is 0 Å². The lowest BCUT2D eigenvalue weighted by molar-refractivity contribution is -0.138. The lowest BCUT2D eigenvalue weighted by Gasteiger charge is -2.11. The second kappa shape index (κ2) is 4.50. The van der Waals surface area contributed by atoms with Crippen LogP contribution >= 0.6 is 15.9 Å². The maximum absolute atomic E-state index is 10.7. The van der Waals surface area contributed by atoms with E-state index in [0.717, 1.165) is 0 Å². The number of rotatable bonds is 3. The Labute approximate surface area is 94.6 Å². The zero-order valence-corrected chi connectivity index (χ0v) is 9.48. The molecule has 0 aliphatic heterocycles. The van der Waals surface area contributed by atoms with E-state index >= 15 is 0 Å². The van der Waals surface area contributed by atoms with Gasteiger partial charge in [0.05, 0.1) is 11.6 Å². The minimum Gasteiger partial charge on any atom is -0.503 e. The zero-order chi connectivity index (χ0) is 11.6. The maximum atomic E-state index is 10.7. The van der Waals surface area contributed by atoms with E-state index in [4.69, 9.17) is 15.6 Å². The van der Waals surface area contributed by atoms with Crippen molar-refractivity contribution >= 4 is 21.9 Å². The molecule has 0 saturated carbocycles. The van der Waals surface area contributed by atoms with E-state index in [1.165, 1.54) is 19.2 Å². The monoisotopic (exact) mass is 275 g/mol. The van der Waals surface area contributed by atoms with Gasteiger partial charge >= 0.3 is 5.97 Å². The van der Waals surface area contributed by atoms with Crippen LogP contribution in [-0.4, -0.2) is 23.3 Å². The maximum Gasteiger partial charge on any atom is 0.325 e. The first kappa shape index (κ1) is 11.8. The summed E-state index contributed by atoms with van der Waals surface area (Å²) in [6, 6.07) is 1.69. The number of benzene rings is 1. The Morgan fingerprint density at radius 3 is 2.67 bits per heavy atom. The summed E-state index contributed by atoms with van der Waals surface area (Å²) in [4.78, 5) is 10.7. The van der Waals surface area contributed by atoms with Gasteiger partial charge in [0.25, 0.3) is 0 Å². The Hall–Kier alpha value is -1.27. The highest BCUT2D eigenvalue weighted by Gasteiger charge is 2.18. The first-order valence-electron chi connectivity index (χ1n) is 4.02. The predicted octanol–water partition coefficient (Wildman–Crippen LogP) is 1.25. The number of aromatic hydroxyl groups is 1. The van der Waals surface area contributed by atoms with Gasteiger partial charge in [0, 0.05) is 0 Å². The normalized spacial score (nSPS) is 12.2.